The van der Waals surface area contributed by atoms with E-state index >= 15 is 0 Å². The van der Waals surface area contributed by atoms with Crippen LogP contribution in [0.2, 0.25) is 5.15 Å². The molecule has 0 aliphatic heterocycles. The van der Waals surface area contributed by atoms with Gasteiger partial charge in [0.05, 0.1) is 23.9 Å². The van der Waals surface area contributed by atoms with E-state index in [9.17, 15) is 0 Å². The Morgan fingerprint density at radius 1 is 1.24 bits per heavy atom. The maximum absolute atomic E-state index is 6.43. The summed E-state index contributed by atoms with van der Waals surface area (Å²) in [4.78, 5) is 0. The first-order valence-corrected chi connectivity index (χ1v) is 8.03. The number of hydrogen-bond acceptors (Lipinski definition) is 2. The smallest absolute Gasteiger partial charge is 0.137 e. The van der Waals surface area contributed by atoms with Crippen LogP contribution in [0.5, 0.6) is 5.75 Å². The Balaban J connectivity index is 2.36. The summed E-state index contributed by atoms with van der Waals surface area (Å²) in [6.45, 7) is 6.92. The van der Waals surface area contributed by atoms with E-state index in [1.807, 2.05) is 31.2 Å². The van der Waals surface area contributed by atoms with Gasteiger partial charge in [0.1, 0.15) is 10.9 Å². The molecule has 0 bridgehead atoms. The third-order valence-corrected chi connectivity index (χ3v) is 3.79. The second kappa shape index (κ2) is 7.19. The van der Waals surface area contributed by atoms with Crippen LogP contribution in [0.1, 0.15) is 32.0 Å². The summed E-state index contributed by atoms with van der Waals surface area (Å²) in [5.74, 6) is 1.72. The van der Waals surface area contributed by atoms with Gasteiger partial charge < -0.3 is 4.74 Å². The summed E-state index contributed by atoms with van der Waals surface area (Å²) in [6, 6.07) is 7.72. The fraction of sp³-hybridized carbons (Fsp3) is 0.438. The Kier molecular flexibility index (Phi) is 5.54. The van der Waals surface area contributed by atoms with Gasteiger partial charge in [-0.25, -0.2) is 4.68 Å². The topological polar surface area (TPSA) is 27.1 Å². The Bertz CT molecular complexity index is 591. The standard InChI is InChI=1S/C16H20Cl2N2O/c1-4-21-13-7-5-12(6-8-13)20-16(18)14(10-17)15(19-20)9-11(2)3/h5-8,11H,4,9-10H2,1-3H3. The monoisotopic (exact) mass is 326 g/mol. The average molecular weight is 327 g/mol. The highest BCUT2D eigenvalue weighted by Crippen LogP contribution is 2.27. The van der Waals surface area contributed by atoms with E-state index in [0.717, 1.165) is 29.1 Å². The number of rotatable bonds is 6. The van der Waals surface area contributed by atoms with Crippen molar-refractivity contribution in [3.8, 4) is 11.4 Å². The van der Waals surface area contributed by atoms with Crippen LogP contribution in [0.25, 0.3) is 5.69 Å². The van der Waals surface area contributed by atoms with Gasteiger partial charge in [0, 0.05) is 5.56 Å². The molecule has 0 radical (unpaired) electrons. The van der Waals surface area contributed by atoms with Gasteiger partial charge in [-0.05, 0) is 43.5 Å². The predicted octanol–water partition coefficient (Wildman–Crippen LogP) is 4.86. The number of aromatic nitrogens is 2. The second-order valence-electron chi connectivity index (χ2n) is 5.29. The Morgan fingerprint density at radius 2 is 1.90 bits per heavy atom. The van der Waals surface area contributed by atoms with E-state index in [0.29, 0.717) is 23.6 Å². The van der Waals surface area contributed by atoms with Gasteiger partial charge in [0.15, 0.2) is 0 Å². The second-order valence-corrected chi connectivity index (χ2v) is 5.91. The lowest BCUT2D eigenvalue weighted by Gasteiger charge is -2.06. The molecule has 0 aliphatic rings. The molecule has 0 unspecified atom stereocenters. The van der Waals surface area contributed by atoms with Crippen LogP contribution < -0.4 is 4.74 Å². The number of benzene rings is 1. The molecule has 0 saturated carbocycles. The van der Waals surface area contributed by atoms with Crippen molar-refractivity contribution in [1.82, 2.24) is 9.78 Å². The molecule has 0 saturated heterocycles. The first-order chi connectivity index (χ1) is 10.1. The number of nitrogens with zero attached hydrogens (tertiary/aromatic N) is 2. The zero-order chi connectivity index (χ0) is 15.4. The van der Waals surface area contributed by atoms with Crippen molar-refractivity contribution >= 4 is 23.2 Å². The van der Waals surface area contributed by atoms with E-state index in [1.165, 1.54) is 0 Å². The molecule has 1 aromatic heterocycles. The highest BCUT2D eigenvalue weighted by molar-refractivity contribution is 6.31. The summed E-state index contributed by atoms with van der Waals surface area (Å²) >= 11 is 12.5. The van der Waals surface area contributed by atoms with E-state index < -0.39 is 0 Å². The summed E-state index contributed by atoms with van der Waals surface area (Å²) in [7, 11) is 0. The summed E-state index contributed by atoms with van der Waals surface area (Å²) in [5, 5.41) is 5.21. The van der Waals surface area contributed by atoms with Gasteiger partial charge in [0.25, 0.3) is 0 Å². The van der Waals surface area contributed by atoms with E-state index in [-0.39, 0.29) is 0 Å². The predicted molar refractivity (Wildman–Crippen MR) is 87.8 cm³/mol. The molecule has 114 valence electrons. The van der Waals surface area contributed by atoms with Gasteiger partial charge in [-0.2, -0.15) is 5.10 Å². The lowest BCUT2D eigenvalue weighted by Crippen LogP contribution is -2.00. The number of alkyl halides is 1. The molecule has 0 N–H and O–H groups in total. The maximum Gasteiger partial charge on any atom is 0.137 e. The van der Waals surface area contributed by atoms with E-state index in [2.05, 4.69) is 18.9 Å². The Labute approximate surface area is 135 Å². The molecular formula is C16H20Cl2N2O. The Morgan fingerprint density at radius 3 is 2.43 bits per heavy atom. The first kappa shape index (κ1) is 16.2. The van der Waals surface area contributed by atoms with Crippen LogP contribution in [0.3, 0.4) is 0 Å². The average Bonchev–Trinajstić information content (AvgIpc) is 2.75. The molecule has 0 amide bonds. The number of hydrogen-bond donors (Lipinski definition) is 0. The van der Waals surface area contributed by atoms with Crippen LogP contribution in [0.15, 0.2) is 24.3 Å². The van der Waals surface area contributed by atoms with Gasteiger partial charge in [-0.3, -0.25) is 0 Å². The van der Waals surface area contributed by atoms with Crippen molar-refractivity contribution in [3.63, 3.8) is 0 Å². The molecule has 2 rings (SSSR count). The SMILES string of the molecule is CCOc1ccc(-n2nc(CC(C)C)c(CCl)c2Cl)cc1. The zero-order valence-electron chi connectivity index (χ0n) is 12.6. The largest absolute Gasteiger partial charge is 0.494 e. The first-order valence-electron chi connectivity index (χ1n) is 7.12. The molecule has 5 heteroatoms. The molecule has 21 heavy (non-hydrogen) atoms. The van der Waals surface area contributed by atoms with Gasteiger partial charge in [-0.1, -0.05) is 25.4 Å². The molecular weight excluding hydrogens is 307 g/mol. The fourth-order valence-corrected chi connectivity index (χ4v) is 2.84. The lowest BCUT2D eigenvalue weighted by atomic mass is 10.1. The molecule has 0 aliphatic carbocycles. The summed E-state index contributed by atoms with van der Waals surface area (Å²) < 4.78 is 7.19. The highest BCUT2D eigenvalue weighted by atomic mass is 35.5. The quantitative estimate of drug-likeness (QED) is 0.708. The van der Waals surface area contributed by atoms with Crippen LogP contribution >= 0.6 is 23.2 Å². The van der Waals surface area contributed by atoms with Crippen molar-refractivity contribution < 1.29 is 4.74 Å². The van der Waals surface area contributed by atoms with Crippen molar-refractivity contribution in [2.24, 2.45) is 5.92 Å². The normalized spacial score (nSPS) is 11.1. The minimum absolute atomic E-state index is 0.373. The minimum Gasteiger partial charge on any atom is -0.494 e. The van der Waals surface area contributed by atoms with Crippen LogP contribution in [-0.4, -0.2) is 16.4 Å². The molecule has 0 fully saturated rings. The molecule has 1 aromatic carbocycles. The van der Waals surface area contributed by atoms with E-state index in [4.69, 9.17) is 27.9 Å². The Hall–Kier alpha value is -1.19. The van der Waals surface area contributed by atoms with Crippen molar-refractivity contribution in [3.05, 3.63) is 40.7 Å². The highest BCUT2D eigenvalue weighted by Gasteiger charge is 2.17. The van der Waals surface area contributed by atoms with Crippen molar-refractivity contribution in [1.29, 1.82) is 0 Å². The van der Waals surface area contributed by atoms with Crippen molar-refractivity contribution in [2.75, 3.05) is 6.61 Å². The van der Waals surface area contributed by atoms with Gasteiger partial charge in [0.2, 0.25) is 0 Å². The maximum atomic E-state index is 6.43. The van der Waals surface area contributed by atoms with Gasteiger partial charge >= 0.3 is 0 Å². The van der Waals surface area contributed by atoms with Crippen LogP contribution in [-0.2, 0) is 12.3 Å². The molecule has 0 atom stereocenters. The summed E-state index contributed by atoms with van der Waals surface area (Å²) in [6.07, 6.45) is 0.867. The lowest BCUT2D eigenvalue weighted by molar-refractivity contribution is 0.340. The van der Waals surface area contributed by atoms with Crippen LogP contribution in [0, 0.1) is 5.92 Å². The number of halogens is 2. The minimum atomic E-state index is 0.373. The molecule has 0 spiro atoms. The molecule has 2 aromatic rings. The zero-order valence-corrected chi connectivity index (χ0v) is 14.1. The van der Waals surface area contributed by atoms with Crippen molar-refractivity contribution in [2.45, 2.75) is 33.1 Å². The molecule has 3 nitrogen and oxygen atoms in total. The van der Waals surface area contributed by atoms with Crippen LogP contribution in [0.4, 0.5) is 0 Å². The fourth-order valence-electron chi connectivity index (χ4n) is 2.18. The summed E-state index contributed by atoms with van der Waals surface area (Å²) in [5.41, 5.74) is 2.80. The number of ether oxygens (including phenoxy) is 1. The molecule has 1 heterocycles. The third-order valence-electron chi connectivity index (χ3n) is 3.13. The third kappa shape index (κ3) is 3.72. The van der Waals surface area contributed by atoms with Gasteiger partial charge in [-0.15, -0.1) is 11.6 Å². The van der Waals surface area contributed by atoms with E-state index in [1.54, 1.807) is 4.68 Å².